The Morgan fingerprint density at radius 3 is 2.12 bits per heavy atom. The summed E-state index contributed by atoms with van der Waals surface area (Å²) in [6.45, 7) is 2.76. The average molecular weight is 379 g/mol. The zero-order valence-electron chi connectivity index (χ0n) is 15.3. The summed E-state index contributed by atoms with van der Waals surface area (Å²) in [5.41, 5.74) is 0.639. The number of ether oxygens (including phenoxy) is 3. The molecule has 0 spiro atoms. The van der Waals surface area contributed by atoms with Gasteiger partial charge < -0.3 is 14.2 Å². The van der Waals surface area contributed by atoms with Crippen LogP contribution >= 0.6 is 0 Å². The van der Waals surface area contributed by atoms with E-state index in [0.29, 0.717) is 29.4 Å². The number of nitrogens with one attached hydrogen (secondary N) is 1. The largest absolute Gasteiger partial charge is 0.496 e. The molecule has 0 saturated heterocycles. The third-order valence-corrected chi connectivity index (χ3v) is 5.29. The number of benzene rings is 2. The van der Waals surface area contributed by atoms with Crippen molar-refractivity contribution in [3.8, 4) is 17.2 Å². The predicted molar refractivity (Wildman–Crippen MR) is 100 cm³/mol. The predicted octanol–water partition coefficient (Wildman–Crippen LogP) is 3.36. The van der Waals surface area contributed by atoms with E-state index in [-0.39, 0.29) is 11.4 Å². The number of methoxy groups -OCH3 is 2. The summed E-state index contributed by atoms with van der Waals surface area (Å²) in [7, 11) is -0.603. The van der Waals surface area contributed by atoms with Gasteiger partial charge in [-0.2, -0.15) is 0 Å². The normalized spacial score (nSPS) is 11.2. The van der Waals surface area contributed by atoms with Crippen molar-refractivity contribution in [1.29, 1.82) is 0 Å². The van der Waals surface area contributed by atoms with E-state index >= 15 is 0 Å². The van der Waals surface area contributed by atoms with Gasteiger partial charge in [0.1, 0.15) is 17.2 Å². The molecular formula is C19H25NO5S. The molecule has 2 rings (SSSR count). The number of unbranched alkanes of at least 4 members (excludes halogenated alkanes) is 1. The first-order valence-electron chi connectivity index (χ1n) is 8.44. The molecule has 2 aromatic rings. The molecule has 2 aromatic carbocycles. The molecule has 0 bridgehead atoms. The van der Waals surface area contributed by atoms with E-state index in [9.17, 15) is 8.42 Å². The third kappa shape index (κ3) is 5.12. The molecule has 0 fully saturated rings. The first kappa shape index (κ1) is 20.1. The maximum Gasteiger partial charge on any atom is 0.240 e. The van der Waals surface area contributed by atoms with E-state index in [0.717, 1.165) is 12.8 Å². The summed E-state index contributed by atoms with van der Waals surface area (Å²) in [5.74, 6) is 1.78. The Kier molecular flexibility index (Phi) is 7.29. The number of rotatable bonds is 10. The van der Waals surface area contributed by atoms with Crippen LogP contribution in [-0.2, 0) is 16.6 Å². The molecule has 0 aliphatic heterocycles. The van der Waals surface area contributed by atoms with Crippen molar-refractivity contribution in [3.05, 3.63) is 48.0 Å². The molecule has 0 atom stereocenters. The summed E-state index contributed by atoms with van der Waals surface area (Å²) in [6.07, 6.45) is 2.01. The summed E-state index contributed by atoms with van der Waals surface area (Å²) >= 11 is 0. The Morgan fingerprint density at radius 2 is 1.58 bits per heavy atom. The van der Waals surface area contributed by atoms with Crippen molar-refractivity contribution in [2.75, 3.05) is 20.8 Å². The Bertz CT molecular complexity index is 781. The smallest absolute Gasteiger partial charge is 0.240 e. The quantitative estimate of drug-likeness (QED) is 0.641. The van der Waals surface area contributed by atoms with Crippen LogP contribution in [0.4, 0.5) is 0 Å². The Labute approximate surface area is 155 Å². The second-order valence-corrected chi connectivity index (χ2v) is 7.41. The lowest BCUT2D eigenvalue weighted by molar-refractivity contribution is 0.309. The molecule has 0 aliphatic carbocycles. The Hall–Kier alpha value is -2.25. The van der Waals surface area contributed by atoms with Crippen LogP contribution in [0.3, 0.4) is 0 Å². The van der Waals surface area contributed by atoms with E-state index in [4.69, 9.17) is 14.2 Å². The molecule has 0 heterocycles. The van der Waals surface area contributed by atoms with Crippen molar-refractivity contribution in [2.24, 2.45) is 0 Å². The second-order valence-electron chi connectivity index (χ2n) is 5.64. The fourth-order valence-electron chi connectivity index (χ4n) is 2.40. The summed E-state index contributed by atoms with van der Waals surface area (Å²) in [6, 6.07) is 11.7. The molecule has 7 heteroatoms. The highest BCUT2D eigenvalue weighted by molar-refractivity contribution is 7.89. The lowest BCUT2D eigenvalue weighted by atomic mass is 10.2. The minimum absolute atomic E-state index is 0.0598. The van der Waals surface area contributed by atoms with Crippen LogP contribution in [0.1, 0.15) is 25.3 Å². The first-order valence-corrected chi connectivity index (χ1v) is 9.92. The summed E-state index contributed by atoms with van der Waals surface area (Å²) in [5, 5.41) is 0. The van der Waals surface area contributed by atoms with Crippen LogP contribution in [0.5, 0.6) is 17.2 Å². The number of hydrogen-bond donors (Lipinski definition) is 1. The van der Waals surface area contributed by atoms with E-state index in [1.807, 2.05) is 0 Å². The van der Waals surface area contributed by atoms with Gasteiger partial charge in [-0.3, -0.25) is 0 Å². The average Bonchev–Trinajstić information content (AvgIpc) is 2.66. The molecule has 0 saturated carbocycles. The van der Waals surface area contributed by atoms with Gasteiger partial charge in [0.25, 0.3) is 0 Å². The first-order chi connectivity index (χ1) is 12.5. The van der Waals surface area contributed by atoms with E-state index in [2.05, 4.69) is 11.6 Å². The zero-order chi connectivity index (χ0) is 19.0. The van der Waals surface area contributed by atoms with Crippen LogP contribution in [0.15, 0.2) is 47.4 Å². The standard InChI is InChI=1S/C19H25NO5S/c1-4-5-13-25-15-9-11-16(12-10-15)26(21,22)20-14-17-18(23-2)7-6-8-19(17)24-3/h6-12,20H,4-5,13-14H2,1-3H3. The topological polar surface area (TPSA) is 73.9 Å². The van der Waals surface area contributed by atoms with Crippen LogP contribution < -0.4 is 18.9 Å². The molecule has 0 aliphatic rings. The third-order valence-electron chi connectivity index (χ3n) is 3.87. The minimum Gasteiger partial charge on any atom is -0.496 e. The molecule has 0 amide bonds. The van der Waals surface area contributed by atoms with Crippen molar-refractivity contribution < 1.29 is 22.6 Å². The molecule has 0 unspecified atom stereocenters. The van der Waals surface area contributed by atoms with Gasteiger partial charge in [-0.05, 0) is 42.8 Å². The van der Waals surface area contributed by atoms with Crippen molar-refractivity contribution >= 4 is 10.0 Å². The SMILES string of the molecule is CCCCOc1ccc(S(=O)(=O)NCc2c(OC)cccc2OC)cc1. The maximum absolute atomic E-state index is 12.5. The van der Waals surface area contributed by atoms with Gasteiger partial charge in [-0.1, -0.05) is 19.4 Å². The van der Waals surface area contributed by atoms with Crippen molar-refractivity contribution in [2.45, 2.75) is 31.2 Å². The molecule has 1 N–H and O–H groups in total. The molecule has 142 valence electrons. The van der Waals surface area contributed by atoms with Gasteiger partial charge in [-0.25, -0.2) is 13.1 Å². The van der Waals surface area contributed by atoms with Crippen LogP contribution in [-0.4, -0.2) is 29.2 Å². The highest BCUT2D eigenvalue weighted by Gasteiger charge is 2.17. The second kappa shape index (κ2) is 9.45. The van der Waals surface area contributed by atoms with Gasteiger partial charge >= 0.3 is 0 Å². The molecule has 6 nitrogen and oxygen atoms in total. The van der Waals surface area contributed by atoms with Gasteiger partial charge in [0.05, 0.1) is 31.3 Å². The van der Waals surface area contributed by atoms with Gasteiger partial charge in [0.2, 0.25) is 10.0 Å². The maximum atomic E-state index is 12.5. The van der Waals surface area contributed by atoms with Crippen LogP contribution in [0.25, 0.3) is 0 Å². The fourth-order valence-corrected chi connectivity index (χ4v) is 3.40. The molecule has 26 heavy (non-hydrogen) atoms. The highest BCUT2D eigenvalue weighted by Crippen LogP contribution is 2.28. The summed E-state index contributed by atoms with van der Waals surface area (Å²) in [4.78, 5) is 0.175. The van der Waals surface area contributed by atoms with Gasteiger partial charge in [-0.15, -0.1) is 0 Å². The van der Waals surface area contributed by atoms with E-state index in [1.54, 1.807) is 30.3 Å². The van der Waals surface area contributed by atoms with Gasteiger partial charge in [0, 0.05) is 6.54 Å². The monoisotopic (exact) mass is 379 g/mol. The van der Waals surface area contributed by atoms with Crippen LogP contribution in [0.2, 0.25) is 0 Å². The summed E-state index contributed by atoms with van der Waals surface area (Å²) < 4.78 is 43.8. The minimum atomic E-state index is -3.67. The van der Waals surface area contributed by atoms with Crippen LogP contribution in [0, 0.1) is 0 Å². The Morgan fingerprint density at radius 1 is 0.962 bits per heavy atom. The van der Waals surface area contributed by atoms with Crippen molar-refractivity contribution in [1.82, 2.24) is 4.72 Å². The molecular weight excluding hydrogens is 354 g/mol. The lowest BCUT2D eigenvalue weighted by Crippen LogP contribution is -2.23. The zero-order valence-corrected chi connectivity index (χ0v) is 16.1. The Balaban J connectivity index is 2.10. The van der Waals surface area contributed by atoms with Gasteiger partial charge in [0.15, 0.2) is 0 Å². The lowest BCUT2D eigenvalue weighted by Gasteiger charge is -2.14. The highest BCUT2D eigenvalue weighted by atomic mass is 32.2. The van der Waals surface area contributed by atoms with E-state index < -0.39 is 10.0 Å². The number of hydrogen-bond acceptors (Lipinski definition) is 5. The van der Waals surface area contributed by atoms with E-state index in [1.165, 1.54) is 26.4 Å². The molecule has 0 aromatic heterocycles. The fraction of sp³-hybridized carbons (Fsp3) is 0.368. The van der Waals surface area contributed by atoms with Crippen molar-refractivity contribution in [3.63, 3.8) is 0 Å². The number of sulfonamides is 1. The molecule has 0 radical (unpaired) electrons.